The van der Waals surface area contributed by atoms with E-state index in [0.29, 0.717) is 11.8 Å². The van der Waals surface area contributed by atoms with E-state index in [1.807, 2.05) is 11.8 Å². The number of hydrogen-bond donors (Lipinski definition) is 2. The van der Waals surface area contributed by atoms with Gasteiger partial charge < -0.3 is 11.1 Å². The fraction of sp³-hybridized carbons (Fsp3) is 0.556. The van der Waals surface area contributed by atoms with Crippen LogP contribution in [0.25, 0.3) is 0 Å². The lowest BCUT2D eigenvalue weighted by atomic mass is 10.2. The predicted molar refractivity (Wildman–Crippen MR) is 67.1 cm³/mol. The molecule has 1 aliphatic heterocycles. The molecule has 1 aromatic rings. The van der Waals surface area contributed by atoms with Crippen LogP contribution in [0.3, 0.4) is 0 Å². The van der Waals surface area contributed by atoms with E-state index in [9.17, 15) is 10.1 Å². The van der Waals surface area contributed by atoms with Crippen LogP contribution in [0.1, 0.15) is 12.8 Å². The van der Waals surface area contributed by atoms with Crippen LogP contribution >= 0.6 is 11.8 Å². The van der Waals surface area contributed by atoms with Crippen molar-refractivity contribution in [2.45, 2.75) is 18.1 Å². The lowest BCUT2D eigenvalue weighted by molar-refractivity contribution is -0.384. The molecule has 1 aliphatic rings. The number of nitrogens with one attached hydrogen (secondary N) is 1. The number of aromatic nitrogens is 2. The molecular weight excluding hydrogens is 242 g/mol. The van der Waals surface area contributed by atoms with Crippen molar-refractivity contribution in [3.05, 3.63) is 16.3 Å². The van der Waals surface area contributed by atoms with Gasteiger partial charge in [0.1, 0.15) is 6.20 Å². The lowest BCUT2D eigenvalue weighted by Gasteiger charge is -2.10. The molecule has 2 rings (SSSR count). The Morgan fingerprint density at radius 2 is 2.53 bits per heavy atom. The van der Waals surface area contributed by atoms with Gasteiger partial charge in [-0.3, -0.25) is 10.1 Å². The van der Waals surface area contributed by atoms with Crippen LogP contribution < -0.4 is 11.1 Å². The first-order valence-electron chi connectivity index (χ1n) is 5.29. The molecule has 2 heterocycles. The van der Waals surface area contributed by atoms with Crippen molar-refractivity contribution in [1.29, 1.82) is 0 Å². The Hall–Kier alpha value is -1.57. The van der Waals surface area contributed by atoms with Crippen molar-refractivity contribution in [2.75, 3.05) is 23.3 Å². The topological polar surface area (TPSA) is 107 Å². The minimum Gasteiger partial charge on any atom is -0.368 e. The fourth-order valence-corrected chi connectivity index (χ4v) is 2.87. The van der Waals surface area contributed by atoms with E-state index in [4.69, 9.17) is 5.73 Å². The van der Waals surface area contributed by atoms with Gasteiger partial charge in [-0.2, -0.15) is 16.7 Å². The van der Waals surface area contributed by atoms with Crippen LogP contribution in [0.2, 0.25) is 0 Å². The molecule has 1 fully saturated rings. The highest BCUT2D eigenvalue weighted by Crippen LogP contribution is 2.27. The first-order chi connectivity index (χ1) is 8.16. The predicted octanol–water partition coefficient (Wildman–Crippen LogP) is 1.27. The maximum atomic E-state index is 10.8. The Labute approximate surface area is 102 Å². The summed E-state index contributed by atoms with van der Waals surface area (Å²) >= 11 is 1.87. The SMILES string of the molecule is Nc1ncc([N+](=O)[O-])c(NCC2CCCS2)n1. The molecule has 0 saturated carbocycles. The third-order valence-electron chi connectivity index (χ3n) is 2.51. The molecule has 0 spiro atoms. The van der Waals surface area contributed by atoms with Gasteiger partial charge >= 0.3 is 5.69 Å². The molecule has 17 heavy (non-hydrogen) atoms. The van der Waals surface area contributed by atoms with Crippen LogP contribution in [-0.2, 0) is 0 Å². The first kappa shape index (κ1) is 11.9. The second-order valence-corrected chi connectivity index (χ2v) is 5.14. The molecule has 0 radical (unpaired) electrons. The minimum absolute atomic E-state index is 0.0391. The maximum Gasteiger partial charge on any atom is 0.329 e. The van der Waals surface area contributed by atoms with Gasteiger partial charge in [0.2, 0.25) is 11.8 Å². The number of nitrogens with zero attached hydrogens (tertiary/aromatic N) is 3. The van der Waals surface area contributed by atoms with Crippen molar-refractivity contribution in [1.82, 2.24) is 9.97 Å². The Morgan fingerprint density at radius 3 is 3.18 bits per heavy atom. The molecule has 0 bridgehead atoms. The highest BCUT2D eigenvalue weighted by Gasteiger charge is 2.20. The molecule has 1 saturated heterocycles. The van der Waals surface area contributed by atoms with Crippen molar-refractivity contribution >= 4 is 29.2 Å². The summed E-state index contributed by atoms with van der Waals surface area (Å²) in [4.78, 5) is 17.7. The van der Waals surface area contributed by atoms with E-state index < -0.39 is 4.92 Å². The van der Waals surface area contributed by atoms with E-state index in [1.54, 1.807) is 0 Å². The average Bonchev–Trinajstić information content (AvgIpc) is 2.78. The molecule has 1 aromatic heterocycles. The summed E-state index contributed by atoms with van der Waals surface area (Å²) < 4.78 is 0. The maximum absolute atomic E-state index is 10.8. The minimum atomic E-state index is -0.510. The van der Waals surface area contributed by atoms with E-state index >= 15 is 0 Å². The lowest BCUT2D eigenvalue weighted by Crippen LogP contribution is -2.16. The number of anilines is 2. The molecule has 3 N–H and O–H groups in total. The van der Waals surface area contributed by atoms with E-state index in [2.05, 4.69) is 15.3 Å². The number of thioether (sulfide) groups is 1. The van der Waals surface area contributed by atoms with Gasteiger partial charge in [0.05, 0.1) is 4.92 Å². The van der Waals surface area contributed by atoms with Gasteiger partial charge in [-0.1, -0.05) is 0 Å². The van der Waals surface area contributed by atoms with Gasteiger partial charge in [-0.15, -0.1) is 0 Å². The molecule has 0 aliphatic carbocycles. The van der Waals surface area contributed by atoms with Gasteiger partial charge in [0.15, 0.2) is 0 Å². The third kappa shape index (κ3) is 2.96. The van der Waals surface area contributed by atoms with Crippen molar-refractivity contribution < 1.29 is 4.92 Å². The molecule has 8 heteroatoms. The summed E-state index contributed by atoms with van der Waals surface area (Å²) in [6, 6.07) is 0. The molecular formula is C9H13N5O2S. The second kappa shape index (κ2) is 5.17. The van der Waals surface area contributed by atoms with Crippen LogP contribution in [-0.4, -0.2) is 32.4 Å². The zero-order valence-corrected chi connectivity index (χ0v) is 9.94. The monoisotopic (exact) mass is 255 g/mol. The number of nitrogen functional groups attached to an aromatic ring is 1. The van der Waals surface area contributed by atoms with Crippen LogP contribution in [0.4, 0.5) is 17.5 Å². The van der Waals surface area contributed by atoms with E-state index in [1.165, 1.54) is 6.42 Å². The fourth-order valence-electron chi connectivity index (χ4n) is 1.67. The molecule has 92 valence electrons. The average molecular weight is 255 g/mol. The van der Waals surface area contributed by atoms with Crippen LogP contribution in [0.5, 0.6) is 0 Å². The second-order valence-electron chi connectivity index (χ2n) is 3.74. The summed E-state index contributed by atoms with van der Waals surface area (Å²) in [5, 5.41) is 14.2. The quantitative estimate of drug-likeness (QED) is 0.616. The van der Waals surface area contributed by atoms with Gasteiger partial charge in [-0.05, 0) is 18.6 Å². The summed E-state index contributed by atoms with van der Waals surface area (Å²) in [5.74, 6) is 1.40. The van der Waals surface area contributed by atoms with Crippen LogP contribution in [0, 0.1) is 10.1 Å². The van der Waals surface area contributed by atoms with Crippen molar-refractivity contribution in [3.63, 3.8) is 0 Å². The first-order valence-corrected chi connectivity index (χ1v) is 6.34. The standard InChI is InChI=1S/C9H13N5O2S/c10-9-12-5-7(14(15)16)8(13-9)11-4-6-2-1-3-17-6/h5-6H,1-4H2,(H3,10,11,12,13). The highest BCUT2D eigenvalue weighted by molar-refractivity contribution is 8.00. The Morgan fingerprint density at radius 1 is 1.71 bits per heavy atom. The van der Waals surface area contributed by atoms with Gasteiger partial charge in [0.25, 0.3) is 0 Å². The molecule has 0 amide bonds. The van der Waals surface area contributed by atoms with Crippen molar-refractivity contribution in [2.24, 2.45) is 0 Å². The number of nitrogens with two attached hydrogens (primary N) is 1. The third-order valence-corrected chi connectivity index (χ3v) is 3.90. The van der Waals surface area contributed by atoms with E-state index in [-0.39, 0.29) is 17.5 Å². The Bertz CT molecular complexity index is 422. The molecule has 1 atom stereocenters. The summed E-state index contributed by atoms with van der Waals surface area (Å²) in [6.45, 7) is 0.669. The largest absolute Gasteiger partial charge is 0.368 e. The number of hydrogen-bond acceptors (Lipinski definition) is 7. The highest BCUT2D eigenvalue weighted by atomic mass is 32.2. The van der Waals surface area contributed by atoms with Gasteiger partial charge in [0, 0.05) is 11.8 Å². The van der Waals surface area contributed by atoms with Crippen molar-refractivity contribution in [3.8, 4) is 0 Å². The molecule has 0 aromatic carbocycles. The van der Waals surface area contributed by atoms with Gasteiger partial charge in [-0.25, -0.2) is 4.98 Å². The number of nitro groups is 1. The Kier molecular flexibility index (Phi) is 3.62. The molecule has 7 nitrogen and oxygen atoms in total. The summed E-state index contributed by atoms with van der Waals surface area (Å²) in [5.41, 5.74) is 5.28. The molecule has 1 unspecified atom stereocenters. The Balaban J connectivity index is 2.07. The summed E-state index contributed by atoms with van der Waals surface area (Å²) in [6.07, 6.45) is 3.46. The smallest absolute Gasteiger partial charge is 0.329 e. The summed E-state index contributed by atoms with van der Waals surface area (Å²) in [7, 11) is 0. The van der Waals surface area contributed by atoms with Crippen LogP contribution in [0.15, 0.2) is 6.20 Å². The zero-order valence-electron chi connectivity index (χ0n) is 9.13. The number of rotatable bonds is 4. The van der Waals surface area contributed by atoms with E-state index in [0.717, 1.165) is 18.4 Å². The zero-order chi connectivity index (χ0) is 12.3. The normalized spacial score (nSPS) is 19.2.